The Kier molecular flexibility index (Phi) is 5.54. The minimum absolute atomic E-state index is 0.827. The van der Waals surface area contributed by atoms with Crippen LogP contribution in [0.3, 0.4) is 0 Å². The summed E-state index contributed by atoms with van der Waals surface area (Å²) in [6, 6.07) is 54.1. The number of hydrogen-bond acceptors (Lipinski definition) is 2. The van der Waals surface area contributed by atoms with Crippen LogP contribution in [0.25, 0.3) is 88.4 Å². The maximum atomic E-state index is 6.36. The number of furan rings is 1. The molecular weight excluding hydrogens is 574 g/mol. The van der Waals surface area contributed by atoms with Crippen molar-refractivity contribution >= 4 is 54.6 Å². The maximum absolute atomic E-state index is 6.36. The molecule has 0 spiro atoms. The first kappa shape index (κ1) is 25.9. The van der Waals surface area contributed by atoms with Gasteiger partial charge in [0.2, 0.25) is 5.88 Å². The van der Waals surface area contributed by atoms with Gasteiger partial charge in [0.1, 0.15) is 5.58 Å². The number of nitrogens with zero attached hydrogens (tertiary/aromatic N) is 3. The molecule has 0 aliphatic rings. The van der Waals surface area contributed by atoms with Crippen molar-refractivity contribution < 1.29 is 4.42 Å². The van der Waals surface area contributed by atoms with E-state index in [1.165, 1.54) is 43.7 Å². The van der Waals surface area contributed by atoms with Crippen LogP contribution in [0, 0.1) is 0 Å². The number of rotatable bonds is 4. The smallest absolute Gasteiger partial charge is 0.205 e. The van der Waals surface area contributed by atoms with Gasteiger partial charge in [-0.05, 0) is 82.9 Å². The molecule has 0 atom stereocenters. The Morgan fingerprint density at radius 3 is 1.70 bits per heavy atom. The first-order valence-electron chi connectivity index (χ1n) is 15.9. The molecule has 0 fully saturated rings. The van der Waals surface area contributed by atoms with Crippen LogP contribution in [-0.4, -0.2) is 14.1 Å². The summed E-state index contributed by atoms with van der Waals surface area (Å²) >= 11 is 0. The van der Waals surface area contributed by atoms with Gasteiger partial charge >= 0.3 is 0 Å². The lowest BCUT2D eigenvalue weighted by molar-refractivity contribution is 0.590. The number of benzene rings is 6. The minimum atomic E-state index is 0.827. The molecule has 4 heterocycles. The van der Waals surface area contributed by atoms with Gasteiger partial charge < -0.3 is 8.98 Å². The second-order valence-corrected chi connectivity index (χ2v) is 12.1. The van der Waals surface area contributed by atoms with Crippen LogP contribution in [0.5, 0.6) is 0 Å². The van der Waals surface area contributed by atoms with Crippen LogP contribution in [0.15, 0.2) is 168 Å². The lowest BCUT2D eigenvalue weighted by atomic mass is 10.0. The largest absolute Gasteiger partial charge is 0.440 e. The number of para-hydroxylation sites is 3. The van der Waals surface area contributed by atoms with Crippen molar-refractivity contribution in [3.05, 3.63) is 164 Å². The zero-order chi connectivity index (χ0) is 30.9. The Bertz CT molecular complexity index is 2750. The van der Waals surface area contributed by atoms with Crippen LogP contribution >= 0.6 is 0 Å². The SMILES string of the molecule is c1cncc(-c2ccc(-n3c4ccccc4c4cc(-c5ccc6c(c5)c5ccccc5n6-c5cc6ccccc6o5)ccc43)cc2)c1. The summed E-state index contributed by atoms with van der Waals surface area (Å²) in [7, 11) is 0. The van der Waals surface area contributed by atoms with E-state index in [0.717, 1.165) is 44.7 Å². The van der Waals surface area contributed by atoms with E-state index in [4.69, 9.17) is 4.42 Å². The summed E-state index contributed by atoms with van der Waals surface area (Å²) < 4.78 is 11.0. The number of fused-ring (bicyclic) bond motifs is 7. The average Bonchev–Trinajstić information content (AvgIpc) is 3.81. The first-order valence-corrected chi connectivity index (χ1v) is 15.9. The van der Waals surface area contributed by atoms with Crippen molar-refractivity contribution in [1.29, 1.82) is 0 Å². The Morgan fingerprint density at radius 1 is 0.426 bits per heavy atom. The predicted molar refractivity (Wildman–Crippen MR) is 194 cm³/mol. The molecule has 10 rings (SSSR count). The Labute approximate surface area is 270 Å². The molecule has 0 saturated heterocycles. The highest BCUT2D eigenvalue weighted by molar-refractivity contribution is 6.12. The van der Waals surface area contributed by atoms with Gasteiger partial charge in [-0.2, -0.15) is 0 Å². The molecule has 6 aromatic carbocycles. The summed E-state index contributed by atoms with van der Waals surface area (Å²) in [5.74, 6) is 0.827. The van der Waals surface area contributed by atoms with E-state index in [1.807, 2.05) is 36.7 Å². The summed E-state index contributed by atoms with van der Waals surface area (Å²) in [4.78, 5) is 4.29. The molecule has 47 heavy (non-hydrogen) atoms. The fourth-order valence-corrected chi connectivity index (χ4v) is 7.24. The van der Waals surface area contributed by atoms with Gasteiger partial charge in [0.25, 0.3) is 0 Å². The Balaban J connectivity index is 1.12. The van der Waals surface area contributed by atoms with Crippen LogP contribution in [0.1, 0.15) is 0 Å². The number of hydrogen-bond donors (Lipinski definition) is 0. The number of aromatic nitrogens is 3. The Morgan fingerprint density at radius 2 is 1.02 bits per heavy atom. The second-order valence-electron chi connectivity index (χ2n) is 12.1. The van der Waals surface area contributed by atoms with Gasteiger partial charge in [-0.25, -0.2) is 0 Å². The number of pyridine rings is 1. The van der Waals surface area contributed by atoms with Gasteiger partial charge in [0, 0.05) is 51.1 Å². The molecule has 0 N–H and O–H groups in total. The zero-order valence-corrected chi connectivity index (χ0v) is 25.3. The molecule has 0 unspecified atom stereocenters. The fourth-order valence-electron chi connectivity index (χ4n) is 7.24. The highest BCUT2D eigenvalue weighted by Gasteiger charge is 2.17. The zero-order valence-electron chi connectivity index (χ0n) is 25.3. The van der Waals surface area contributed by atoms with Crippen molar-refractivity contribution in [2.24, 2.45) is 0 Å². The molecule has 0 aliphatic heterocycles. The van der Waals surface area contributed by atoms with Crippen molar-refractivity contribution in [3.8, 4) is 33.8 Å². The predicted octanol–water partition coefficient (Wildman–Crippen LogP) is 11.4. The summed E-state index contributed by atoms with van der Waals surface area (Å²) in [5.41, 5.74) is 11.3. The van der Waals surface area contributed by atoms with E-state index >= 15 is 0 Å². The molecule has 0 aliphatic carbocycles. The first-order chi connectivity index (χ1) is 23.3. The fraction of sp³-hybridized carbons (Fsp3) is 0. The lowest BCUT2D eigenvalue weighted by Gasteiger charge is -2.10. The van der Waals surface area contributed by atoms with E-state index in [2.05, 4.69) is 142 Å². The molecule has 4 aromatic heterocycles. The van der Waals surface area contributed by atoms with Gasteiger partial charge in [-0.15, -0.1) is 0 Å². The summed E-state index contributed by atoms with van der Waals surface area (Å²) in [5, 5.41) is 5.98. The van der Waals surface area contributed by atoms with E-state index in [-0.39, 0.29) is 0 Å². The maximum Gasteiger partial charge on any atom is 0.205 e. The van der Waals surface area contributed by atoms with Crippen molar-refractivity contribution in [2.75, 3.05) is 0 Å². The molecule has 4 nitrogen and oxygen atoms in total. The van der Waals surface area contributed by atoms with Gasteiger partial charge in [0.05, 0.1) is 22.1 Å². The van der Waals surface area contributed by atoms with Gasteiger partial charge in [-0.3, -0.25) is 9.55 Å². The Hall–Kier alpha value is -6.39. The van der Waals surface area contributed by atoms with E-state index in [9.17, 15) is 0 Å². The average molecular weight is 602 g/mol. The minimum Gasteiger partial charge on any atom is -0.440 e. The third kappa shape index (κ3) is 3.98. The van der Waals surface area contributed by atoms with Crippen molar-refractivity contribution in [2.45, 2.75) is 0 Å². The lowest BCUT2D eigenvalue weighted by Crippen LogP contribution is -1.93. The molecule has 0 amide bonds. The second kappa shape index (κ2) is 10.1. The van der Waals surface area contributed by atoms with E-state index < -0.39 is 0 Å². The molecule has 10 aromatic rings. The summed E-state index contributed by atoms with van der Waals surface area (Å²) in [6.07, 6.45) is 3.72. The molecule has 4 heteroatoms. The molecule has 0 radical (unpaired) electrons. The van der Waals surface area contributed by atoms with Crippen LogP contribution in [-0.2, 0) is 0 Å². The summed E-state index contributed by atoms with van der Waals surface area (Å²) in [6.45, 7) is 0. The highest BCUT2D eigenvalue weighted by Crippen LogP contribution is 2.39. The molecular formula is C43H27N3O. The van der Waals surface area contributed by atoms with Gasteiger partial charge in [-0.1, -0.05) is 84.9 Å². The monoisotopic (exact) mass is 601 g/mol. The van der Waals surface area contributed by atoms with Crippen molar-refractivity contribution in [1.82, 2.24) is 14.1 Å². The molecule has 0 bridgehead atoms. The third-order valence-electron chi connectivity index (χ3n) is 9.43. The highest BCUT2D eigenvalue weighted by atomic mass is 16.4. The third-order valence-corrected chi connectivity index (χ3v) is 9.43. The van der Waals surface area contributed by atoms with Crippen LogP contribution in [0.2, 0.25) is 0 Å². The quantitative estimate of drug-likeness (QED) is 0.201. The topological polar surface area (TPSA) is 35.9 Å². The normalized spacial score (nSPS) is 11.8. The molecule has 0 saturated carbocycles. The van der Waals surface area contributed by atoms with E-state index in [1.54, 1.807) is 0 Å². The van der Waals surface area contributed by atoms with E-state index in [0.29, 0.717) is 0 Å². The van der Waals surface area contributed by atoms with Crippen molar-refractivity contribution in [3.63, 3.8) is 0 Å². The standard InChI is InChI=1S/C43H27N3O/c1-6-14-42-31(8-1)26-43(47-42)46-39-13-5-3-11-35(39)37-25-30(18-22-41(37)46)29-17-21-40-36(24-29)34-10-2-4-12-38(34)45(40)33-19-15-28(16-20-33)32-9-7-23-44-27-32/h1-27H. The molecule has 220 valence electrons. The van der Waals surface area contributed by atoms with Crippen LogP contribution < -0.4 is 0 Å². The van der Waals surface area contributed by atoms with Crippen LogP contribution in [0.4, 0.5) is 0 Å². The van der Waals surface area contributed by atoms with Gasteiger partial charge in [0.15, 0.2) is 0 Å².